The van der Waals surface area contributed by atoms with Crippen molar-refractivity contribution in [3.8, 4) is 0 Å². The number of rotatable bonds is 3. The van der Waals surface area contributed by atoms with Gasteiger partial charge in [0.05, 0.1) is 10.1 Å². The summed E-state index contributed by atoms with van der Waals surface area (Å²) in [6.45, 7) is 0. The van der Waals surface area contributed by atoms with Gasteiger partial charge in [-0.3, -0.25) is 5.41 Å². The van der Waals surface area contributed by atoms with Gasteiger partial charge in [0.25, 0.3) is 0 Å². The molecule has 0 saturated carbocycles. The molecule has 0 aromatic heterocycles. The zero-order valence-electron chi connectivity index (χ0n) is 5.03. The van der Waals surface area contributed by atoms with Gasteiger partial charge in [0, 0.05) is 11.5 Å². The monoisotopic (exact) mass is 183 g/mol. The summed E-state index contributed by atoms with van der Waals surface area (Å²) in [7, 11) is -4.14. The first kappa shape index (κ1) is 9.73. The topological polar surface area (TPSA) is 107 Å². The molecule has 0 unspecified atom stereocenters. The summed E-state index contributed by atoms with van der Waals surface area (Å²) in [4.78, 5) is 0. The van der Waals surface area contributed by atoms with E-state index < -0.39 is 15.9 Å². The van der Waals surface area contributed by atoms with Crippen molar-refractivity contribution in [1.29, 1.82) is 5.41 Å². The highest BCUT2D eigenvalue weighted by molar-refractivity contribution is 8.14. The van der Waals surface area contributed by atoms with Gasteiger partial charge in [0.15, 0.2) is 5.17 Å². The van der Waals surface area contributed by atoms with Crippen LogP contribution in [0, 0.1) is 5.41 Å². The normalized spacial score (nSPS) is 11.3. The minimum atomic E-state index is -4.14. The van der Waals surface area contributed by atoms with Gasteiger partial charge in [-0.05, 0) is 0 Å². The van der Waals surface area contributed by atoms with E-state index in [0.717, 1.165) is 11.8 Å². The highest BCUT2D eigenvalue weighted by Crippen LogP contribution is 1.98. The second kappa shape index (κ2) is 3.79. The first-order valence-electron chi connectivity index (χ1n) is 2.32. The van der Waals surface area contributed by atoms with E-state index in [9.17, 15) is 13.0 Å². The third-order valence-electron chi connectivity index (χ3n) is 0.591. The van der Waals surface area contributed by atoms with Gasteiger partial charge >= 0.3 is 0 Å². The molecule has 10 heavy (non-hydrogen) atoms. The van der Waals surface area contributed by atoms with Gasteiger partial charge in [-0.1, -0.05) is 11.8 Å². The van der Waals surface area contributed by atoms with Crippen LogP contribution in [0.25, 0.3) is 0 Å². The SMILES string of the molecule is N=C(N)SCCS(=O)(=O)[O-]. The van der Waals surface area contributed by atoms with E-state index in [1.807, 2.05) is 0 Å². The maximum Gasteiger partial charge on any atom is 0.151 e. The molecule has 0 radical (unpaired) electrons. The van der Waals surface area contributed by atoms with E-state index in [2.05, 4.69) is 0 Å². The van der Waals surface area contributed by atoms with Crippen LogP contribution in [0.2, 0.25) is 0 Å². The lowest BCUT2D eigenvalue weighted by Crippen LogP contribution is -2.11. The highest BCUT2D eigenvalue weighted by Gasteiger charge is 1.95. The maximum absolute atomic E-state index is 9.93. The van der Waals surface area contributed by atoms with Crippen LogP contribution in [-0.2, 0) is 10.1 Å². The van der Waals surface area contributed by atoms with Gasteiger partial charge in [0.2, 0.25) is 0 Å². The molecule has 0 aromatic rings. The predicted molar refractivity (Wildman–Crippen MR) is 38.9 cm³/mol. The summed E-state index contributed by atoms with van der Waals surface area (Å²) < 4.78 is 29.8. The number of nitrogens with one attached hydrogen (secondary N) is 1. The fourth-order valence-electron chi connectivity index (χ4n) is 0.254. The van der Waals surface area contributed by atoms with Crippen molar-refractivity contribution in [3.05, 3.63) is 0 Å². The van der Waals surface area contributed by atoms with Crippen molar-refractivity contribution in [1.82, 2.24) is 0 Å². The Morgan fingerprint density at radius 2 is 2.20 bits per heavy atom. The molecule has 0 saturated heterocycles. The summed E-state index contributed by atoms with van der Waals surface area (Å²) in [5, 5.41) is 6.47. The molecule has 0 heterocycles. The van der Waals surface area contributed by atoms with Gasteiger partial charge in [-0.25, -0.2) is 8.42 Å². The smallest absolute Gasteiger partial charge is 0.151 e. The molecule has 0 aromatic carbocycles. The number of hydrogen-bond acceptors (Lipinski definition) is 5. The first-order chi connectivity index (χ1) is 4.42. The van der Waals surface area contributed by atoms with Crippen molar-refractivity contribution in [3.63, 3.8) is 0 Å². The molecule has 7 heteroatoms. The highest BCUT2D eigenvalue weighted by atomic mass is 32.2. The second-order valence-corrected chi connectivity index (χ2v) is 4.13. The molecule has 0 amide bonds. The lowest BCUT2D eigenvalue weighted by molar-refractivity contribution is 0.465. The van der Waals surface area contributed by atoms with Crippen LogP contribution in [0.1, 0.15) is 0 Å². The molecular formula is C3H7N2O3S2-. The van der Waals surface area contributed by atoms with Crippen molar-refractivity contribution < 1.29 is 13.0 Å². The maximum atomic E-state index is 9.93. The average molecular weight is 183 g/mol. The lowest BCUT2D eigenvalue weighted by atomic mass is 11.0. The van der Waals surface area contributed by atoms with Crippen LogP contribution in [-0.4, -0.2) is 29.6 Å². The van der Waals surface area contributed by atoms with Crippen LogP contribution in [0.4, 0.5) is 0 Å². The van der Waals surface area contributed by atoms with Crippen LogP contribution < -0.4 is 5.73 Å². The fourth-order valence-corrected chi connectivity index (χ4v) is 1.62. The Morgan fingerprint density at radius 1 is 1.70 bits per heavy atom. The molecule has 0 rings (SSSR count). The van der Waals surface area contributed by atoms with Crippen molar-refractivity contribution in [2.75, 3.05) is 11.5 Å². The van der Waals surface area contributed by atoms with Crippen LogP contribution in [0.5, 0.6) is 0 Å². The van der Waals surface area contributed by atoms with E-state index in [4.69, 9.17) is 11.1 Å². The molecular weight excluding hydrogens is 176 g/mol. The molecule has 0 atom stereocenters. The van der Waals surface area contributed by atoms with Crippen LogP contribution in [0.15, 0.2) is 0 Å². The Labute approximate surface area is 63.2 Å². The predicted octanol–water partition coefficient (Wildman–Crippen LogP) is -0.842. The van der Waals surface area contributed by atoms with Crippen LogP contribution >= 0.6 is 11.8 Å². The van der Waals surface area contributed by atoms with Gasteiger partial charge in [-0.2, -0.15) is 0 Å². The van der Waals surface area contributed by atoms with Gasteiger partial charge in [0.1, 0.15) is 0 Å². The third kappa shape index (κ3) is 7.73. The Kier molecular flexibility index (Phi) is 3.69. The van der Waals surface area contributed by atoms with Crippen LogP contribution in [0.3, 0.4) is 0 Å². The van der Waals surface area contributed by atoms with Crippen molar-refractivity contribution in [2.45, 2.75) is 0 Å². The van der Waals surface area contributed by atoms with Crippen molar-refractivity contribution in [2.24, 2.45) is 5.73 Å². The van der Waals surface area contributed by atoms with Crippen molar-refractivity contribution >= 4 is 27.0 Å². The summed E-state index contributed by atoms with van der Waals surface area (Å²) >= 11 is 0.840. The number of thioether (sulfide) groups is 1. The Balaban J connectivity index is 3.49. The number of amidine groups is 1. The summed E-state index contributed by atoms with van der Waals surface area (Å²) in [6.07, 6.45) is 0. The molecule has 60 valence electrons. The Morgan fingerprint density at radius 3 is 2.50 bits per heavy atom. The molecule has 5 nitrogen and oxygen atoms in total. The average Bonchev–Trinajstić information content (AvgIpc) is 1.59. The number of hydrogen-bond donors (Lipinski definition) is 2. The molecule has 0 fully saturated rings. The van der Waals surface area contributed by atoms with E-state index in [-0.39, 0.29) is 10.9 Å². The first-order valence-corrected chi connectivity index (χ1v) is 4.88. The molecule has 0 aliphatic rings. The lowest BCUT2D eigenvalue weighted by Gasteiger charge is -2.04. The zero-order valence-corrected chi connectivity index (χ0v) is 6.67. The van der Waals surface area contributed by atoms with E-state index >= 15 is 0 Å². The minimum absolute atomic E-state index is 0.0567. The van der Waals surface area contributed by atoms with E-state index in [1.54, 1.807) is 0 Å². The number of nitrogens with two attached hydrogens (primary N) is 1. The van der Waals surface area contributed by atoms with Gasteiger partial charge < -0.3 is 10.3 Å². The Bertz CT molecular complexity index is 210. The second-order valence-electron chi connectivity index (χ2n) is 1.47. The summed E-state index contributed by atoms with van der Waals surface area (Å²) in [6, 6.07) is 0. The molecule has 0 aliphatic carbocycles. The molecule has 0 bridgehead atoms. The molecule has 3 N–H and O–H groups in total. The fraction of sp³-hybridized carbons (Fsp3) is 0.667. The summed E-state index contributed by atoms with van der Waals surface area (Å²) in [5.41, 5.74) is 4.87. The van der Waals surface area contributed by atoms with Gasteiger partial charge in [-0.15, -0.1) is 0 Å². The van der Waals surface area contributed by atoms with E-state index in [1.165, 1.54) is 0 Å². The quantitative estimate of drug-likeness (QED) is 0.337. The Hall–Kier alpha value is -0.270. The zero-order chi connectivity index (χ0) is 8.20. The minimum Gasteiger partial charge on any atom is -0.748 e. The largest absolute Gasteiger partial charge is 0.748 e. The standard InChI is InChI=1S/C3H8N2O3S2/c4-3(5)9-1-2-10(6,7)8/h1-2H2,(H3,4,5)(H,6,7,8)/p-1. The third-order valence-corrected chi connectivity index (χ3v) is 2.27. The summed E-state index contributed by atoms with van der Waals surface area (Å²) in [5.74, 6) is -0.418. The molecule has 0 aliphatic heterocycles. The van der Waals surface area contributed by atoms with E-state index in [0.29, 0.717) is 0 Å². The molecule has 0 spiro atoms.